The van der Waals surface area contributed by atoms with E-state index in [2.05, 4.69) is 60.1 Å². The van der Waals surface area contributed by atoms with E-state index in [1.165, 1.54) is 20.2 Å². The molecular formula is C20H28Cl2GeHf. The molecule has 0 heterocycles. The van der Waals surface area contributed by atoms with Gasteiger partial charge in [-0.15, -0.1) is 0 Å². The second-order valence-electron chi connectivity index (χ2n) is 7.85. The minimum Gasteiger partial charge on any atom is -1.00 e. The zero-order valence-corrected chi connectivity index (χ0v) is 21.9. The maximum atomic E-state index is 2.74. The fraction of sp³-hybridized carbons (Fsp3) is 0.600. The van der Waals surface area contributed by atoms with Crippen molar-refractivity contribution in [2.45, 2.75) is 44.5 Å². The predicted molar refractivity (Wildman–Crippen MR) is 94.0 cm³/mol. The first kappa shape index (κ1) is 21.3. The topological polar surface area (TPSA) is 0 Å². The minimum atomic E-state index is -1.49. The van der Waals surface area contributed by atoms with Crippen LogP contribution >= 0.6 is 0 Å². The Morgan fingerprint density at radius 1 is 0.667 bits per heavy atom. The summed E-state index contributed by atoms with van der Waals surface area (Å²) in [6.07, 6.45) is 25.7. The number of fused-ring (bicyclic) bond motifs is 2. The van der Waals surface area contributed by atoms with Gasteiger partial charge in [0.05, 0.1) is 0 Å². The molecule has 0 aromatic rings. The molecule has 0 aromatic heterocycles. The van der Waals surface area contributed by atoms with Crippen molar-refractivity contribution in [3.63, 3.8) is 0 Å². The second kappa shape index (κ2) is 9.24. The maximum absolute atomic E-state index is 2.74. The summed E-state index contributed by atoms with van der Waals surface area (Å²) < 4.78 is 2.40. The molecule has 6 unspecified atom stereocenters. The van der Waals surface area contributed by atoms with Gasteiger partial charge in [0.15, 0.2) is 0 Å². The van der Waals surface area contributed by atoms with Crippen molar-refractivity contribution in [2.24, 2.45) is 23.7 Å². The third-order valence-corrected chi connectivity index (χ3v) is 53.8. The van der Waals surface area contributed by atoms with E-state index in [-0.39, 0.29) is 24.8 Å². The fourth-order valence-corrected chi connectivity index (χ4v) is 59.0. The molecule has 0 N–H and O–H groups in total. The van der Waals surface area contributed by atoms with Crippen molar-refractivity contribution in [3.05, 3.63) is 48.6 Å². The van der Waals surface area contributed by atoms with Crippen LogP contribution < -0.4 is 24.8 Å². The molecule has 0 saturated heterocycles. The molecule has 4 rings (SSSR count). The van der Waals surface area contributed by atoms with Crippen LogP contribution in [0.15, 0.2) is 48.6 Å². The van der Waals surface area contributed by atoms with Gasteiger partial charge < -0.3 is 24.8 Å². The standard InChI is InChI=1S/2C9H11.C2H6Ge.2ClH.Hf/c2*1-2-5-9-7-3-6-8(9)4-1;1-3-2;;;/h2*1-2,4-6,8-9H,3,7H2;1-2H3;2*1H;/q;;;;;+2/p-2. The molecule has 2 fully saturated rings. The molecule has 0 spiro atoms. The largest absolute Gasteiger partial charge is 1.00 e. The van der Waals surface area contributed by atoms with E-state index in [0.29, 0.717) is 0 Å². The molecule has 130 valence electrons. The van der Waals surface area contributed by atoms with Crippen LogP contribution in [0.25, 0.3) is 0 Å². The molecule has 0 aliphatic heterocycles. The minimum absolute atomic E-state index is 0. The third kappa shape index (κ3) is 3.94. The number of halogens is 2. The first-order chi connectivity index (χ1) is 10.8. The Morgan fingerprint density at radius 3 is 1.50 bits per heavy atom. The van der Waals surface area contributed by atoms with Crippen molar-refractivity contribution in [3.8, 4) is 0 Å². The van der Waals surface area contributed by atoms with Crippen LogP contribution in [-0.2, 0) is 18.3 Å². The summed E-state index contributed by atoms with van der Waals surface area (Å²) in [4.78, 5) is 0. The van der Waals surface area contributed by atoms with Crippen molar-refractivity contribution >= 4 is 10.1 Å². The van der Waals surface area contributed by atoms with Gasteiger partial charge in [-0.3, -0.25) is 0 Å². The zero-order chi connectivity index (χ0) is 15.1. The van der Waals surface area contributed by atoms with Crippen molar-refractivity contribution in [1.82, 2.24) is 0 Å². The fourth-order valence-electron chi connectivity index (χ4n) is 5.65. The molecule has 0 amide bonds. The Labute approximate surface area is 168 Å². The Morgan fingerprint density at radius 2 is 1.08 bits per heavy atom. The molecule has 0 nitrogen and oxygen atoms in total. The number of hydrogen-bond donors (Lipinski definition) is 0. The van der Waals surface area contributed by atoms with E-state index in [1.807, 2.05) is 0 Å². The molecule has 4 aliphatic rings. The van der Waals surface area contributed by atoms with Gasteiger partial charge >= 0.3 is 145 Å². The Kier molecular flexibility index (Phi) is 8.18. The molecule has 4 aliphatic carbocycles. The summed E-state index contributed by atoms with van der Waals surface area (Å²) in [7, 11) is -0.719. The first-order valence-electron chi connectivity index (χ1n) is 9.13. The summed E-state index contributed by atoms with van der Waals surface area (Å²) in [5.74, 6) is 9.22. The second-order valence-corrected chi connectivity index (χ2v) is 49.2. The molecule has 6 atom stereocenters. The van der Waals surface area contributed by atoms with Gasteiger partial charge in [-0.1, -0.05) is 0 Å². The third-order valence-electron chi connectivity index (χ3n) is 6.52. The smallest absolute Gasteiger partial charge is 1.00 e. The molecule has 0 bridgehead atoms. The van der Waals surface area contributed by atoms with Gasteiger partial charge in [0, 0.05) is 0 Å². The average molecular weight is 590 g/mol. The predicted octanol–water partition coefficient (Wildman–Crippen LogP) is -0.255. The van der Waals surface area contributed by atoms with Crippen LogP contribution in [0.3, 0.4) is 0 Å². The van der Waals surface area contributed by atoms with Crippen molar-refractivity contribution < 1.29 is 43.2 Å². The quantitative estimate of drug-likeness (QED) is 0.390. The number of hydrogen-bond acceptors (Lipinski definition) is 0. The Hall–Kier alpha value is 0.953. The molecule has 0 aromatic carbocycles. The van der Waals surface area contributed by atoms with Gasteiger partial charge in [0.1, 0.15) is 0 Å². The van der Waals surface area contributed by atoms with Crippen LogP contribution in [0.4, 0.5) is 0 Å². The van der Waals surface area contributed by atoms with Crippen molar-refractivity contribution in [2.75, 3.05) is 0 Å². The van der Waals surface area contributed by atoms with Crippen LogP contribution in [0.2, 0.25) is 18.9 Å². The van der Waals surface area contributed by atoms with Crippen LogP contribution in [0.5, 0.6) is 0 Å². The average Bonchev–Trinajstić information content (AvgIpc) is 3.13. The summed E-state index contributed by atoms with van der Waals surface area (Å²) in [5, 5.41) is 0. The van der Waals surface area contributed by atoms with Crippen LogP contribution in [0.1, 0.15) is 25.7 Å². The SMILES string of the molecule is [CH3][Ge]([CH3])=[Hf+2]([CH]1CCC2C=CC=CC21)[CH]1CCC2C=CC=CC21.[Cl-].[Cl-]. The monoisotopic (exact) mass is 592 g/mol. The van der Waals surface area contributed by atoms with Crippen LogP contribution in [0, 0.1) is 23.7 Å². The van der Waals surface area contributed by atoms with Gasteiger partial charge in [-0.25, -0.2) is 0 Å². The zero-order valence-electron chi connectivity index (χ0n) is 14.7. The van der Waals surface area contributed by atoms with Gasteiger partial charge in [-0.2, -0.15) is 0 Å². The van der Waals surface area contributed by atoms with Gasteiger partial charge in [-0.05, 0) is 0 Å². The normalized spacial score (nSPS) is 37.7. The van der Waals surface area contributed by atoms with Crippen molar-refractivity contribution in [1.29, 1.82) is 0 Å². The molecule has 0 radical (unpaired) electrons. The Balaban J connectivity index is 0.00000104. The summed E-state index contributed by atoms with van der Waals surface area (Å²) in [5.41, 5.74) is 0. The molecular weight excluding hydrogens is 562 g/mol. The number of rotatable bonds is 2. The van der Waals surface area contributed by atoms with E-state index in [0.717, 1.165) is 23.7 Å². The molecule has 2 saturated carbocycles. The summed E-state index contributed by atoms with van der Waals surface area (Å²) in [6, 6.07) is 0. The van der Waals surface area contributed by atoms with E-state index in [4.69, 9.17) is 0 Å². The maximum Gasteiger partial charge on any atom is -1.00 e. The van der Waals surface area contributed by atoms with E-state index < -0.39 is 28.4 Å². The summed E-state index contributed by atoms with van der Waals surface area (Å²) >= 11 is -1.49. The summed E-state index contributed by atoms with van der Waals surface area (Å²) in [6.45, 7) is 0. The van der Waals surface area contributed by atoms with E-state index >= 15 is 0 Å². The van der Waals surface area contributed by atoms with Gasteiger partial charge in [0.25, 0.3) is 0 Å². The first-order valence-corrected chi connectivity index (χ1v) is 27.9. The molecule has 24 heavy (non-hydrogen) atoms. The van der Waals surface area contributed by atoms with Crippen LogP contribution in [-0.4, -0.2) is 10.1 Å². The van der Waals surface area contributed by atoms with Gasteiger partial charge in [0.2, 0.25) is 0 Å². The molecule has 4 heteroatoms. The number of allylic oxidation sites excluding steroid dienone is 8. The van der Waals surface area contributed by atoms with E-state index in [9.17, 15) is 0 Å². The Bertz CT molecular complexity index is 555. The van der Waals surface area contributed by atoms with E-state index in [1.54, 1.807) is 12.8 Å².